The molecule has 19 heavy (non-hydrogen) atoms. The van der Waals surface area contributed by atoms with Crippen molar-refractivity contribution < 1.29 is 9.59 Å². The number of urea groups is 1. The predicted molar refractivity (Wildman–Crippen MR) is 72.8 cm³/mol. The van der Waals surface area contributed by atoms with Crippen LogP contribution < -0.4 is 16.0 Å². The quantitative estimate of drug-likeness (QED) is 0.654. The second kappa shape index (κ2) is 5.88. The summed E-state index contributed by atoms with van der Waals surface area (Å²) in [5, 5.41) is 8.14. The monoisotopic (exact) mass is 268 g/mol. The Morgan fingerprint density at radius 1 is 1.26 bits per heavy atom. The van der Waals surface area contributed by atoms with Gasteiger partial charge in [-0.3, -0.25) is 15.0 Å². The number of nitrogens with one attached hydrogen (secondary N) is 3. The van der Waals surface area contributed by atoms with Crippen molar-refractivity contribution in [2.75, 3.05) is 33.2 Å². The fourth-order valence-electron chi connectivity index (χ4n) is 3.11. The van der Waals surface area contributed by atoms with Gasteiger partial charge in [-0.1, -0.05) is 0 Å². The average molecular weight is 268 g/mol. The highest BCUT2D eigenvalue weighted by Gasteiger charge is 2.41. The molecule has 6 nitrogen and oxygen atoms in total. The Bertz CT molecular complexity index is 353. The minimum absolute atomic E-state index is 0.217. The van der Waals surface area contributed by atoms with E-state index in [1.165, 1.54) is 19.9 Å². The summed E-state index contributed by atoms with van der Waals surface area (Å²) in [5.41, 5.74) is 0.382. The van der Waals surface area contributed by atoms with Crippen LogP contribution in [-0.2, 0) is 4.79 Å². The summed E-state index contributed by atoms with van der Waals surface area (Å²) in [6.07, 6.45) is 3.53. The molecule has 0 aliphatic carbocycles. The molecule has 2 aliphatic rings. The largest absolute Gasteiger partial charge is 0.341 e. The smallest absolute Gasteiger partial charge is 0.321 e. The number of piperidine rings is 1. The zero-order valence-electron chi connectivity index (χ0n) is 11.8. The molecule has 0 bridgehead atoms. The summed E-state index contributed by atoms with van der Waals surface area (Å²) in [6, 6.07) is -0.681. The van der Waals surface area contributed by atoms with Crippen molar-refractivity contribution >= 4 is 11.9 Å². The number of hydrogen-bond acceptors (Lipinski definition) is 4. The van der Waals surface area contributed by atoms with E-state index in [0.717, 1.165) is 32.6 Å². The number of amides is 3. The number of nitrogens with zero attached hydrogens (tertiary/aromatic N) is 1. The van der Waals surface area contributed by atoms with E-state index in [4.69, 9.17) is 0 Å². The molecule has 1 unspecified atom stereocenters. The van der Waals surface area contributed by atoms with E-state index in [1.807, 2.05) is 6.92 Å². The van der Waals surface area contributed by atoms with Crippen molar-refractivity contribution in [1.29, 1.82) is 0 Å². The van der Waals surface area contributed by atoms with Gasteiger partial charge in [0, 0.05) is 13.6 Å². The molecular weight excluding hydrogens is 244 g/mol. The van der Waals surface area contributed by atoms with Gasteiger partial charge in [0.25, 0.3) is 0 Å². The molecular formula is C13H24N4O2. The Morgan fingerprint density at radius 2 is 1.95 bits per heavy atom. The van der Waals surface area contributed by atoms with Crippen LogP contribution in [0.4, 0.5) is 4.79 Å². The van der Waals surface area contributed by atoms with Gasteiger partial charge in [0.2, 0.25) is 5.91 Å². The summed E-state index contributed by atoms with van der Waals surface area (Å²) >= 11 is 0. The lowest BCUT2D eigenvalue weighted by Gasteiger charge is -2.34. The Morgan fingerprint density at radius 3 is 2.58 bits per heavy atom. The molecule has 3 amide bonds. The van der Waals surface area contributed by atoms with Crippen molar-refractivity contribution in [3.63, 3.8) is 0 Å². The standard InChI is InChI=1S/C13H24N4O2/c1-10(11(18)16-12(19)14-2)17-8-5-13(9-17)3-6-15-7-4-13/h10,15H,3-9H2,1-2H3,(H2,14,16,18,19). The number of carbonyl (C=O) groups is 2. The highest BCUT2D eigenvalue weighted by Crippen LogP contribution is 2.39. The number of hydrogen-bond donors (Lipinski definition) is 3. The van der Waals surface area contributed by atoms with Crippen LogP contribution in [0.25, 0.3) is 0 Å². The van der Waals surface area contributed by atoms with E-state index in [9.17, 15) is 9.59 Å². The van der Waals surface area contributed by atoms with Crippen LogP contribution in [0.2, 0.25) is 0 Å². The lowest BCUT2D eigenvalue weighted by atomic mass is 9.78. The van der Waals surface area contributed by atoms with E-state index in [-0.39, 0.29) is 11.9 Å². The predicted octanol–water partition coefficient (Wildman–Crippen LogP) is -0.0940. The third kappa shape index (κ3) is 3.25. The lowest BCUT2D eigenvalue weighted by Crippen LogP contribution is -2.49. The van der Waals surface area contributed by atoms with Gasteiger partial charge in [0.15, 0.2) is 0 Å². The summed E-state index contributed by atoms with van der Waals surface area (Å²) in [4.78, 5) is 25.3. The first-order chi connectivity index (χ1) is 9.06. The first kappa shape index (κ1) is 14.3. The van der Waals surface area contributed by atoms with E-state index in [0.29, 0.717) is 5.41 Å². The maximum absolute atomic E-state index is 11.9. The molecule has 0 aromatic rings. The van der Waals surface area contributed by atoms with Gasteiger partial charge >= 0.3 is 6.03 Å². The van der Waals surface area contributed by atoms with Gasteiger partial charge < -0.3 is 10.6 Å². The number of rotatable bonds is 2. The third-order valence-electron chi connectivity index (χ3n) is 4.52. The summed E-state index contributed by atoms with van der Waals surface area (Å²) in [5.74, 6) is -0.217. The molecule has 2 heterocycles. The number of imide groups is 1. The van der Waals surface area contributed by atoms with Crippen molar-refractivity contribution in [2.24, 2.45) is 5.41 Å². The fourth-order valence-corrected chi connectivity index (χ4v) is 3.11. The Balaban J connectivity index is 1.89. The van der Waals surface area contributed by atoms with Crippen LogP contribution in [-0.4, -0.2) is 56.1 Å². The Labute approximate surface area is 114 Å². The van der Waals surface area contributed by atoms with Crippen LogP contribution in [0.3, 0.4) is 0 Å². The van der Waals surface area contributed by atoms with E-state index in [1.54, 1.807) is 0 Å². The van der Waals surface area contributed by atoms with E-state index in [2.05, 4.69) is 20.9 Å². The molecule has 1 atom stereocenters. The minimum Gasteiger partial charge on any atom is -0.341 e. The molecule has 2 saturated heterocycles. The van der Waals surface area contributed by atoms with Crippen molar-refractivity contribution in [3.8, 4) is 0 Å². The first-order valence-electron chi connectivity index (χ1n) is 7.04. The van der Waals surface area contributed by atoms with Gasteiger partial charge in [-0.25, -0.2) is 4.79 Å². The lowest BCUT2D eigenvalue weighted by molar-refractivity contribution is -0.124. The summed E-state index contributed by atoms with van der Waals surface area (Å²) in [7, 11) is 1.51. The van der Waals surface area contributed by atoms with Gasteiger partial charge in [-0.05, 0) is 51.2 Å². The normalized spacial score (nSPS) is 24.1. The van der Waals surface area contributed by atoms with Gasteiger partial charge in [-0.2, -0.15) is 0 Å². The first-order valence-corrected chi connectivity index (χ1v) is 7.04. The summed E-state index contributed by atoms with van der Waals surface area (Å²) < 4.78 is 0. The molecule has 0 saturated carbocycles. The van der Waals surface area contributed by atoms with Gasteiger partial charge in [0.1, 0.15) is 0 Å². The van der Waals surface area contributed by atoms with Crippen molar-refractivity contribution in [2.45, 2.75) is 32.2 Å². The molecule has 6 heteroatoms. The van der Waals surface area contributed by atoms with E-state index >= 15 is 0 Å². The van der Waals surface area contributed by atoms with Crippen LogP contribution in [0.1, 0.15) is 26.2 Å². The fraction of sp³-hybridized carbons (Fsp3) is 0.846. The molecule has 0 aromatic carbocycles. The van der Waals surface area contributed by atoms with Crippen LogP contribution >= 0.6 is 0 Å². The molecule has 1 spiro atoms. The Hall–Kier alpha value is -1.14. The highest BCUT2D eigenvalue weighted by molar-refractivity contribution is 5.96. The molecule has 0 aromatic heterocycles. The van der Waals surface area contributed by atoms with Crippen molar-refractivity contribution in [1.82, 2.24) is 20.9 Å². The molecule has 108 valence electrons. The van der Waals surface area contributed by atoms with Crippen molar-refractivity contribution in [3.05, 3.63) is 0 Å². The average Bonchev–Trinajstić information content (AvgIpc) is 2.82. The second-order valence-corrected chi connectivity index (χ2v) is 5.71. The number of likely N-dealkylation sites (tertiary alicyclic amines) is 1. The Kier molecular flexibility index (Phi) is 4.42. The zero-order chi connectivity index (χ0) is 13.9. The molecule has 2 aliphatic heterocycles. The SMILES string of the molecule is CNC(=O)NC(=O)C(C)N1CCC2(CCNCC2)C1. The maximum Gasteiger partial charge on any atom is 0.321 e. The zero-order valence-corrected chi connectivity index (χ0v) is 11.8. The topological polar surface area (TPSA) is 73.5 Å². The molecule has 2 fully saturated rings. The summed E-state index contributed by atoms with van der Waals surface area (Å²) in [6.45, 7) is 5.94. The second-order valence-electron chi connectivity index (χ2n) is 5.71. The van der Waals surface area contributed by atoms with Crippen LogP contribution in [0.15, 0.2) is 0 Å². The third-order valence-corrected chi connectivity index (χ3v) is 4.52. The minimum atomic E-state index is -0.437. The van der Waals surface area contributed by atoms with Gasteiger partial charge in [0.05, 0.1) is 6.04 Å². The maximum atomic E-state index is 11.9. The highest BCUT2D eigenvalue weighted by atomic mass is 16.2. The number of carbonyl (C=O) groups excluding carboxylic acids is 2. The van der Waals surface area contributed by atoms with Crippen LogP contribution in [0, 0.1) is 5.41 Å². The van der Waals surface area contributed by atoms with Gasteiger partial charge in [-0.15, -0.1) is 0 Å². The van der Waals surface area contributed by atoms with E-state index < -0.39 is 6.03 Å². The van der Waals surface area contributed by atoms with Crippen LogP contribution in [0.5, 0.6) is 0 Å². The molecule has 2 rings (SSSR count). The molecule has 3 N–H and O–H groups in total. The molecule has 0 radical (unpaired) electrons.